The Balaban J connectivity index is 2.14. The highest BCUT2D eigenvalue weighted by Crippen LogP contribution is 2.38. The Morgan fingerprint density at radius 2 is 1.91 bits per heavy atom. The molecule has 0 fully saturated rings. The predicted molar refractivity (Wildman–Crippen MR) is 92.2 cm³/mol. The van der Waals surface area contributed by atoms with Crippen molar-refractivity contribution >= 4 is 27.5 Å². The third kappa shape index (κ3) is 3.05. The molecule has 1 heterocycles. The fourth-order valence-corrected chi connectivity index (χ4v) is 3.35. The van der Waals surface area contributed by atoms with E-state index in [1.807, 2.05) is 43.3 Å². The van der Waals surface area contributed by atoms with Gasteiger partial charge in [-0.3, -0.25) is 0 Å². The minimum absolute atomic E-state index is 0.329. The molecule has 23 heavy (non-hydrogen) atoms. The molecule has 1 aromatic heterocycles. The van der Waals surface area contributed by atoms with Crippen molar-refractivity contribution in [1.29, 1.82) is 0 Å². The number of carbonyl (C=O) groups excluding carboxylic acids is 1. The van der Waals surface area contributed by atoms with E-state index >= 15 is 0 Å². The van der Waals surface area contributed by atoms with Crippen molar-refractivity contribution < 1.29 is 14.3 Å². The highest BCUT2D eigenvalue weighted by Gasteiger charge is 2.20. The van der Waals surface area contributed by atoms with Gasteiger partial charge in [-0.25, -0.2) is 9.78 Å². The van der Waals surface area contributed by atoms with Gasteiger partial charge in [0.1, 0.15) is 16.3 Å². The molecule has 0 N–H and O–H groups in total. The van der Waals surface area contributed by atoms with E-state index in [1.54, 1.807) is 24.3 Å². The zero-order chi connectivity index (χ0) is 16.2. The minimum atomic E-state index is -0.376. The molecule has 0 saturated carbocycles. The van der Waals surface area contributed by atoms with Crippen molar-refractivity contribution in [2.24, 2.45) is 0 Å². The molecule has 0 aliphatic heterocycles. The van der Waals surface area contributed by atoms with Crippen LogP contribution in [-0.2, 0) is 4.74 Å². The van der Waals surface area contributed by atoms with Crippen molar-refractivity contribution in [3.8, 4) is 16.3 Å². The second-order valence-electron chi connectivity index (χ2n) is 4.82. The topological polar surface area (TPSA) is 48.4 Å². The number of carbonyl (C=O) groups is 1. The van der Waals surface area contributed by atoms with Gasteiger partial charge < -0.3 is 9.47 Å². The van der Waals surface area contributed by atoms with E-state index in [-0.39, 0.29) is 5.97 Å². The summed E-state index contributed by atoms with van der Waals surface area (Å²) < 4.78 is 12.0. The first-order chi connectivity index (χ1) is 11.2. The van der Waals surface area contributed by atoms with Crippen molar-refractivity contribution in [2.75, 3.05) is 13.2 Å². The highest BCUT2D eigenvalue weighted by molar-refractivity contribution is 7.21. The van der Waals surface area contributed by atoms with Gasteiger partial charge in [0, 0.05) is 0 Å². The number of para-hydroxylation sites is 2. The largest absolute Gasteiger partial charge is 0.492 e. The summed E-state index contributed by atoms with van der Waals surface area (Å²) in [6, 6.07) is 13.4. The first kappa shape index (κ1) is 15.5. The van der Waals surface area contributed by atoms with Crippen LogP contribution in [0.15, 0.2) is 42.5 Å². The summed E-state index contributed by atoms with van der Waals surface area (Å²) in [5, 5.41) is 0.834. The molecule has 3 rings (SSSR count). The van der Waals surface area contributed by atoms with Gasteiger partial charge in [-0.1, -0.05) is 18.2 Å². The second kappa shape index (κ2) is 6.79. The average Bonchev–Trinajstić information content (AvgIpc) is 2.99. The molecule has 0 saturated heterocycles. The molecule has 0 aliphatic carbocycles. The lowest BCUT2D eigenvalue weighted by Gasteiger charge is -2.12. The fourth-order valence-electron chi connectivity index (χ4n) is 2.36. The molecule has 3 aromatic rings. The van der Waals surface area contributed by atoms with Gasteiger partial charge >= 0.3 is 5.97 Å². The number of benzene rings is 2. The van der Waals surface area contributed by atoms with Gasteiger partial charge in [-0.05, 0) is 38.1 Å². The summed E-state index contributed by atoms with van der Waals surface area (Å²) in [6.45, 7) is 4.48. The maximum atomic E-state index is 12.2. The zero-order valence-electron chi connectivity index (χ0n) is 13.0. The number of aromatic nitrogens is 1. The first-order valence-electron chi connectivity index (χ1n) is 7.53. The lowest BCUT2D eigenvalue weighted by molar-refractivity contribution is 0.0522. The summed E-state index contributed by atoms with van der Waals surface area (Å²) in [5.41, 5.74) is 2.19. The van der Waals surface area contributed by atoms with Gasteiger partial charge in [0.05, 0.1) is 29.0 Å². The van der Waals surface area contributed by atoms with Gasteiger partial charge in [-0.15, -0.1) is 11.3 Å². The van der Waals surface area contributed by atoms with Gasteiger partial charge in [0.25, 0.3) is 0 Å². The number of nitrogens with zero attached hydrogens (tertiary/aromatic N) is 1. The molecule has 118 valence electrons. The highest BCUT2D eigenvalue weighted by atomic mass is 32.1. The van der Waals surface area contributed by atoms with Gasteiger partial charge in [0.2, 0.25) is 0 Å². The Morgan fingerprint density at radius 1 is 1.09 bits per heavy atom. The fraction of sp³-hybridized carbons (Fsp3) is 0.222. The predicted octanol–water partition coefficient (Wildman–Crippen LogP) is 4.54. The van der Waals surface area contributed by atoms with E-state index in [2.05, 4.69) is 4.98 Å². The van der Waals surface area contributed by atoms with Crippen molar-refractivity contribution in [3.05, 3.63) is 48.0 Å². The van der Waals surface area contributed by atoms with E-state index in [9.17, 15) is 4.79 Å². The Hall–Kier alpha value is -2.40. The van der Waals surface area contributed by atoms with Crippen LogP contribution < -0.4 is 4.74 Å². The monoisotopic (exact) mass is 327 g/mol. The molecule has 2 aromatic carbocycles. The number of esters is 1. The Kier molecular flexibility index (Phi) is 4.57. The van der Waals surface area contributed by atoms with Crippen LogP contribution in [0.25, 0.3) is 20.8 Å². The molecular formula is C18H17NO3S. The van der Waals surface area contributed by atoms with Crippen molar-refractivity contribution in [2.45, 2.75) is 13.8 Å². The number of thiazole rings is 1. The van der Waals surface area contributed by atoms with Crippen molar-refractivity contribution in [3.63, 3.8) is 0 Å². The summed E-state index contributed by atoms with van der Waals surface area (Å²) in [4.78, 5) is 16.8. The molecule has 0 spiro atoms. The summed E-state index contributed by atoms with van der Waals surface area (Å²) in [7, 11) is 0. The number of ether oxygens (including phenoxy) is 2. The quantitative estimate of drug-likeness (QED) is 0.646. The first-order valence-corrected chi connectivity index (χ1v) is 8.35. The van der Waals surface area contributed by atoms with Crippen LogP contribution in [0.1, 0.15) is 24.2 Å². The third-order valence-corrected chi connectivity index (χ3v) is 4.39. The number of hydrogen-bond donors (Lipinski definition) is 0. The van der Waals surface area contributed by atoms with Crippen LogP contribution in [0.2, 0.25) is 0 Å². The van der Waals surface area contributed by atoms with E-state index in [1.165, 1.54) is 0 Å². The zero-order valence-corrected chi connectivity index (χ0v) is 13.9. The Bertz CT molecular complexity index is 808. The molecule has 0 aliphatic rings. The Morgan fingerprint density at radius 3 is 2.65 bits per heavy atom. The molecule has 4 nitrogen and oxygen atoms in total. The smallest absolute Gasteiger partial charge is 0.341 e. The minimum Gasteiger partial charge on any atom is -0.492 e. The van der Waals surface area contributed by atoms with Crippen LogP contribution in [0.3, 0.4) is 0 Å². The van der Waals surface area contributed by atoms with E-state index in [4.69, 9.17) is 9.47 Å². The molecule has 0 bridgehead atoms. The average molecular weight is 327 g/mol. The van der Waals surface area contributed by atoms with Crippen LogP contribution >= 0.6 is 11.3 Å². The standard InChI is InChI=1S/C18H17NO3S/c1-3-21-16-12(8-7-9-13(16)18(20)22-4-2)17-19-14-10-5-6-11-15(14)23-17/h5-11H,3-4H2,1-2H3. The molecular weight excluding hydrogens is 310 g/mol. The lowest BCUT2D eigenvalue weighted by Crippen LogP contribution is -2.08. The van der Waals surface area contributed by atoms with Gasteiger partial charge in [-0.2, -0.15) is 0 Å². The summed E-state index contributed by atoms with van der Waals surface area (Å²) in [6.07, 6.45) is 0. The normalized spacial score (nSPS) is 10.7. The maximum absolute atomic E-state index is 12.2. The van der Waals surface area contributed by atoms with Gasteiger partial charge in [0.15, 0.2) is 0 Å². The summed E-state index contributed by atoms with van der Waals surface area (Å²) in [5.74, 6) is 0.159. The van der Waals surface area contributed by atoms with Crippen molar-refractivity contribution in [1.82, 2.24) is 4.98 Å². The Labute approximate surface area is 138 Å². The molecule has 5 heteroatoms. The summed E-state index contributed by atoms with van der Waals surface area (Å²) >= 11 is 1.58. The van der Waals surface area contributed by atoms with E-state index < -0.39 is 0 Å². The third-order valence-electron chi connectivity index (χ3n) is 3.32. The van der Waals surface area contributed by atoms with Crippen LogP contribution in [0, 0.1) is 0 Å². The number of fused-ring (bicyclic) bond motifs is 1. The van der Waals surface area contributed by atoms with E-state index in [0.717, 1.165) is 20.8 Å². The van der Waals surface area contributed by atoms with Crippen LogP contribution in [0.5, 0.6) is 5.75 Å². The molecule has 0 radical (unpaired) electrons. The SMILES string of the molecule is CCOC(=O)c1cccc(-c2nc3ccccc3s2)c1OCC. The maximum Gasteiger partial charge on any atom is 0.341 e. The number of hydrogen-bond acceptors (Lipinski definition) is 5. The molecule has 0 atom stereocenters. The van der Waals surface area contributed by atoms with E-state index in [0.29, 0.717) is 24.5 Å². The van der Waals surface area contributed by atoms with Crippen LogP contribution in [-0.4, -0.2) is 24.2 Å². The molecule has 0 unspecified atom stereocenters. The molecule has 0 amide bonds. The number of rotatable bonds is 5. The lowest BCUT2D eigenvalue weighted by atomic mass is 10.1. The second-order valence-corrected chi connectivity index (χ2v) is 5.85. The van der Waals surface area contributed by atoms with Crippen LogP contribution in [0.4, 0.5) is 0 Å².